The maximum Gasteiger partial charge on any atom is 0.337 e. The van der Waals surface area contributed by atoms with Crippen LogP contribution >= 0.6 is 11.8 Å². The van der Waals surface area contributed by atoms with Crippen molar-refractivity contribution in [3.05, 3.63) is 88.5 Å². The SMILES string of the molecule is COC(=O)c1ccc(-c2cccc(SCc3ccc(CO)c(CO)c3)c2)c(C)c1. The molecule has 0 radical (unpaired) electrons. The van der Waals surface area contributed by atoms with Gasteiger partial charge in [-0.2, -0.15) is 0 Å². The Kier molecular flexibility index (Phi) is 7.09. The van der Waals surface area contributed by atoms with Crippen LogP contribution in [0.3, 0.4) is 0 Å². The lowest BCUT2D eigenvalue weighted by Gasteiger charge is -2.11. The maximum atomic E-state index is 11.7. The first-order chi connectivity index (χ1) is 14.0. The number of aryl methyl sites for hydroxylation is 1. The van der Waals surface area contributed by atoms with E-state index < -0.39 is 0 Å². The molecule has 0 atom stereocenters. The Labute approximate surface area is 175 Å². The van der Waals surface area contributed by atoms with E-state index in [1.54, 1.807) is 17.8 Å². The molecule has 0 fully saturated rings. The van der Waals surface area contributed by atoms with Gasteiger partial charge in [0.05, 0.1) is 25.9 Å². The van der Waals surface area contributed by atoms with Gasteiger partial charge in [-0.25, -0.2) is 4.79 Å². The molecule has 0 aromatic heterocycles. The molecule has 0 aliphatic rings. The molecule has 3 rings (SSSR count). The van der Waals surface area contributed by atoms with Crippen LogP contribution in [0, 0.1) is 6.92 Å². The zero-order chi connectivity index (χ0) is 20.8. The number of ether oxygens (including phenoxy) is 1. The first kappa shape index (κ1) is 21.1. The van der Waals surface area contributed by atoms with E-state index in [-0.39, 0.29) is 19.2 Å². The van der Waals surface area contributed by atoms with Crippen molar-refractivity contribution in [2.24, 2.45) is 0 Å². The quantitative estimate of drug-likeness (QED) is 0.437. The Hall–Kier alpha value is -2.60. The number of carbonyl (C=O) groups is 1. The van der Waals surface area contributed by atoms with Crippen LogP contribution in [0.1, 0.15) is 32.6 Å². The first-order valence-corrected chi connectivity index (χ1v) is 10.3. The molecule has 0 aliphatic carbocycles. The lowest BCUT2D eigenvalue weighted by Crippen LogP contribution is -2.01. The summed E-state index contributed by atoms with van der Waals surface area (Å²) in [6, 6.07) is 19.7. The summed E-state index contributed by atoms with van der Waals surface area (Å²) < 4.78 is 4.79. The number of esters is 1. The van der Waals surface area contributed by atoms with Gasteiger partial charge in [0.1, 0.15) is 0 Å². The Morgan fingerprint density at radius 2 is 1.76 bits per heavy atom. The molecule has 2 N–H and O–H groups in total. The third kappa shape index (κ3) is 5.07. The molecular formula is C24H24O4S. The van der Waals surface area contributed by atoms with Gasteiger partial charge in [-0.05, 0) is 64.6 Å². The molecule has 0 saturated carbocycles. The van der Waals surface area contributed by atoms with E-state index in [1.807, 2.05) is 43.3 Å². The molecule has 0 amide bonds. The van der Waals surface area contributed by atoms with Crippen LogP contribution in [-0.2, 0) is 23.7 Å². The van der Waals surface area contributed by atoms with E-state index in [4.69, 9.17) is 4.74 Å². The fraction of sp³-hybridized carbons (Fsp3) is 0.208. The molecular weight excluding hydrogens is 384 g/mol. The predicted molar refractivity (Wildman–Crippen MR) is 116 cm³/mol. The summed E-state index contributed by atoms with van der Waals surface area (Å²) in [6.07, 6.45) is 0. The number of hydrogen-bond acceptors (Lipinski definition) is 5. The highest BCUT2D eigenvalue weighted by atomic mass is 32.2. The van der Waals surface area contributed by atoms with Crippen molar-refractivity contribution in [3.8, 4) is 11.1 Å². The molecule has 0 bridgehead atoms. The van der Waals surface area contributed by atoms with Gasteiger partial charge in [0, 0.05) is 10.6 Å². The second kappa shape index (κ2) is 9.74. The van der Waals surface area contributed by atoms with E-state index in [0.717, 1.165) is 44.0 Å². The Morgan fingerprint density at radius 1 is 0.966 bits per heavy atom. The number of hydrogen-bond donors (Lipinski definition) is 2. The summed E-state index contributed by atoms with van der Waals surface area (Å²) in [5.74, 6) is 0.431. The molecule has 0 unspecified atom stereocenters. The van der Waals surface area contributed by atoms with Gasteiger partial charge in [0.2, 0.25) is 0 Å². The average molecular weight is 409 g/mol. The second-order valence-corrected chi connectivity index (χ2v) is 7.81. The van der Waals surface area contributed by atoms with Crippen molar-refractivity contribution in [3.63, 3.8) is 0 Å². The fourth-order valence-electron chi connectivity index (χ4n) is 3.22. The van der Waals surface area contributed by atoms with Crippen molar-refractivity contribution >= 4 is 17.7 Å². The number of carbonyl (C=O) groups excluding carboxylic acids is 1. The molecule has 0 spiro atoms. The first-order valence-electron chi connectivity index (χ1n) is 9.30. The summed E-state index contributed by atoms with van der Waals surface area (Å²) in [4.78, 5) is 12.9. The van der Waals surface area contributed by atoms with Crippen molar-refractivity contribution in [2.45, 2.75) is 30.8 Å². The Bertz CT molecular complexity index is 1010. The van der Waals surface area contributed by atoms with Gasteiger partial charge in [0.15, 0.2) is 0 Å². The number of benzene rings is 3. The van der Waals surface area contributed by atoms with Crippen molar-refractivity contribution in [1.82, 2.24) is 0 Å². The van der Waals surface area contributed by atoms with Crippen LogP contribution in [-0.4, -0.2) is 23.3 Å². The molecule has 4 nitrogen and oxygen atoms in total. The van der Waals surface area contributed by atoms with Crippen LogP contribution in [0.4, 0.5) is 0 Å². The van der Waals surface area contributed by atoms with Crippen LogP contribution in [0.5, 0.6) is 0 Å². The average Bonchev–Trinajstić information content (AvgIpc) is 2.76. The van der Waals surface area contributed by atoms with E-state index in [2.05, 4.69) is 18.2 Å². The Balaban J connectivity index is 1.77. The lowest BCUT2D eigenvalue weighted by atomic mass is 9.98. The van der Waals surface area contributed by atoms with E-state index >= 15 is 0 Å². The largest absolute Gasteiger partial charge is 0.465 e. The predicted octanol–water partition coefficient (Wildman–Crippen LogP) is 4.73. The van der Waals surface area contributed by atoms with Gasteiger partial charge in [-0.1, -0.05) is 36.4 Å². The normalized spacial score (nSPS) is 10.8. The molecule has 0 heterocycles. The zero-order valence-electron chi connectivity index (χ0n) is 16.5. The standard InChI is InChI=1S/C24H24O4S/c1-16-10-19(24(27)28-2)8-9-23(16)18-4-3-5-22(12-18)29-15-17-6-7-20(13-25)21(11-17)14-26/h3-12,25-26H,13-15H2,1-2H3. The highest BCUT2D eigenvalue weighted by molar-refractivity contribution is 7.98. The molecule has 5 heteroatoms. The van der Waals surface area contributed by atoms with Crippen molar-refractivity contribution in [1.29, 1.82) is 0 Å². The molecule has 3 aromatic rings. The summed E-state index contributed by atoms with van der Waals surface area (Å²) in [5, 5.41) is 18.8. The number of thioether (sulfide) groups is 1. The van der Waals surface area contributed by atoms with Crippen LogP contribution in [0.25, 0.3) is 11.1 Å². The fourth-order valence-corrected chi connectivity index (χ4v) is 4.12. The highest BCUT2D eigenvalue weighted by Crippen LogP contribution is 2.30. The van der Waals surface area contributed by atoms with Gasteiger partial charge in [-0.3, -0.25) is 0 Å². The van der Waals surface area contributed by atoms with Crippen LogP contribution < -0.4 is 0 Å². The molecule has 0 saturated heterocycles. The smallest absolute Gasteiger partial charge is 0.337 e. The monoisotopic (exact) mass is 408 g/mol. The molecule has 29 heavy (non-hydrogen) atoms. The van der Waals surface area contributed by atoms with Crippen molar-refractivity contribution < 1.29 is 19.7 Å². The van der Waals surface area contributed by atoms with E-state index in [9.17, 15) is 15.0 Å². The third-order valence-electron chi connectivity index (χ3n) is 4.81. The minimum Gasteiger partial charge on any atom is -0.465 e. The summed E-state index contributed by atoms with van der Waals surface area (Å²) in [7, 11) is 1.38. The highest BCUT2D eigenvalue weighted by Gasteiger charge is 2.10. The molecule has 0 aliphatic heterocycles. The summed E-state index contributed by atoms with van der Waals surface area (Å²) in [5.41, 5.74) is 6.35. The molecule has 150 valence electrons. The number of aliphatic hydroxyl groups is 2. The molecule has 3 aromatic carbocycles. The zero-order valence-corrected chi connectivity index (χ0v) is 17.3. The van der Waals surface area contributed by atoms with Gasteiger partial charge < -0.3 is 14.9 Å². The maximum absolute atomic E-state index is 11.7. The van der Waals surface area contributed by atoms with Gasteiger partial charge in [-0.15, -0.1) is 11.8 Å². The van der Waals surface area contributed by atoms with Crippen molar-refractivity contribution in [2.75, 3.05) is 7.11 Å². The van der Waals surface area contributed by atoms with Crippen LogP contribution in [0.15, 0.2) is 65.6 Å². The summed E-state index contributed by atoms with van der Waals surface area (Å²) >= 11 is 1.71. The minimum absolute atomic E-state index is 0.0700. The second-order valence-electron chi connectivity index (χ2n) is 6.76. The summed E-state index contributed by atoms with van der Waals surface area (Å²) in [6.45, 7) is 1.84. The van der Waals surface area contributed by atoms with Gasteiger partial charge >= 0.3 is 5.97 Å². The van der Waals surface area contributed by atoms with Crippen LogP contribution in [0.2, 0.25) is 0 Å². The van der Waals surface area contributed by atoms with E-state index in [1.165, 1.54) is 7.11 Å². The number of methoxy groups -OCH3 is 1. The Morgan fingerprint density at radius 3 is 2.45 bits per heavy atom. The lowest BCUT2D eigenvalue weighted by molar-refractivity contribution is 0.0600. The van der Waals surface area contributed by atoms with E-state index in [0.29, 0.717) is 5.56 Å². The van der Waals surface area contributed by atoms with Gasteiger partial charge in [0.25, 0.3) is 0 Å². The third-order valence-corrected chi connectivity index (χ3v) is 5.87. The minimum atomic E-state index is -0.335. The number of aliphatic hydroxyl groups excluding tert-OH is 2. The number of rotatable bonds is 7. The topological polar surface area (TPSA) is 66.8 Å².